The third kappa shape index (κ3) is 4.58. The minimum absolute atomic E-state index is 0.0568. The molecule has 1 spiro atoms. The molecule has 0 bridgehead atoms. The zero-order valence-electron chi connectivity index (χ0n) is 17.2. The molecule has 2 aromatic rings. The van der Waals surface area contributed by atoms with Gasteiger partial charge < -0.3 is 9.80 Å². The Kier molecular flexibility index (Phi) is 5.81. The van der Waals surface area contributed by atoms with Crippen LogP contribution < -0.4 is 5.56 Å². The summed E-state index contributed by atoms with van der Waals surface area (Å²) in [6.45, 7) is 4.93. The van der Waals surface area contributed by atoms with Crippen LogP contribution in [-0.2, 0) is 13.5 Å². The highest BCUT2D eigenvalue weighted by Crippen LogP contribution is 2.39. The first-order valence-electron chi connectivity index (χ1n) is 10.6. The smallest absolute Gasteiger partial charge is 0.274 e. The van der Waals surface area contributed by atoms with Crippen molar-refractivity contribution in [2.75, 3.05) is 32.7 Å². The number of rotatable bonds is 5. The molecule has 154 valence electrons. The first-order valence-corrected chi connectivity index (χ1v) is 10.6. The molecule has 6 heteroatoms. The van der Waals surface area contributed by atoms with E-state index in [9.17, 15) is 9.59 Å². The third-order valence-electron chi connectivity index (χ3n) is 6.43. The van der Waals surface area contributed by atoms with Crippen LogP contribution >= 0.6 is 0 Å². The number of likely N-dealkylation sites (tertiary alicyclic amines) is 2. The molecule has 0 saturated carbocycles. The van der Waals surface area contributed by atoms with Gasteiger partial charge in [0.2, 0.25) is 0 Å². The maximum absolute atomic E-state index is 12.9. The summed E-state index contributed by atoms with van der Waals surface area (Å²) in [5, 5.41) is 4.14. The van der Waals surface area contributed by atoms with Gasteiger partial charge in [0.25, 0.3) is 11.5 Å². The molecule has 0 unspecified atom stereocenters. The van der Waals surface area contributed by atoms with Gasteiger partial charge in [-0.05, 0) is 56.8 Å². The predicted molar refractivity (Wildman–Crippen MR) is 113 cm³/mol. The molecule has 29 heavy (non-hydrogen) atoms. The number of piperidine rings is 1. The van der Waals surface area contributed by atoms with Gasteiger partial charge in [-0.15, -0.1) is 0 Å². The fraction of sp³-hybridized carbons (Fsp3) is 0.522. The van der Waals surface area contributed by atoms with Crippen LogP contribution in [-0.4, -0.2) is 58.2 Å². The Balaban J connectivity index is 1.33. The van der Waals surface area contributed by atoms with E-state index in [2.05, 4.69) is 40.3 Å². The lowest BCUT2D eigenvalue weighted by molar-refractivity contribution is 0.0681. The molecule has 1 amide bonds. The van der Waals surface area contributed by atoms with E-state index in [1.54, 1.807) is 13.1 Å². The normalized spacial score (nSPS) is 22.3. The molecule has 4 rings (SSSR count). The SMILES string of the molecule is Cn1nc(C(=O)N2CC[C@]3(CCCN(CCCc4ccccc4)C3)C2)ccc1=O. The van der Waals surface area contributed by atoms with Crippen LogP contribution in [0.2, 0.25) is 0 Å². The summed E-state index contributed by atoms with van der Waals surface area (Å²) in [6.07, 6.45) is 5.73. The van der Waals surface area contributed by atoms with Crippen LogP contribution in [0.15, 0.2) is 47.3 Å². The van der Waals surface area contributed by atoms with E-state index in [1.165, 1.54) is 35.6 Å². The van der Waals surface area contributed by atoms with Crippen LogP contribution in [0, 0.1) is 5.41 Å². The van der Waals surface area contributed by atoms with Crippen LogP contribution in [0.1, 0.15) is 41.7 Å². The molecule has 2 aliphatic rings. The van der Waals surface area contributed by atoms with Gasteiger partial charge in [-0.3, -0.25) is 9.59 Å². The summed E-state index contributed by atoms with van der Waals surface area (Å²) < 4.78 is 1.23. The van der Waals surface area contributed by atoms with E-state index in [1.807, 2.05) is 4.90 Å². The number of hydrogen-bond donors (Lipinski definition) is 0. The molecule has 1 atom stereocenters. The maximum atomic E-state index is 12.9. The molecule has 1 aromatic carbocycles. The van der Waals surface area contributed by atoms with Crippen molar-refractivity contribution in [2.45, 2.75) is 32.1 Å². The summed E-state index contributed by atoms with van der Waals surface area (Å²) in [5.74, 6) is -0.0568. The Hall–Kier alpha value is -2.47. The van der Waals surface area contributed by atoms with Crippen molar-refractivity contribution in [1.29, 1.82) is 0 Å². The highest BCUT2D eigenvalue weighted by atomic mass is 16.2. The number of aromatic nitrogens is 2. The summed E-state index contributed by atoms with van der Waals surface area (Å²) in [5.41, 5.74) is 1.78. The van der Waals surface area contributed by atoms with Crippen LogP contribution in [0.3, 0.4) is 0 Å². The number of hydrogen-bond acceptors (Lipinski definition) is 4. The largest absolute Gasteiger partial charge is 0.337 e. The van der Waals surface area contributed by atoms with Crippen molar-refractivity contribution in [1.82, 2.24) is 19.6 Å². The van der Waals surface area contributed by atoms with Crippen molar-refractivity contribution in [3.63, 3.8) is 0 Å². The van der Waals surface area contributed by atoms with Crippen LogP contribution in [0.5, 0.6) is 0 Å². The third-order valence-corrected chi connectivity index (χ3v) is 6.43. The maximum Gasteiger partial charge on any atom is 0.274 e. The van der Waals surface area contributed by atoms with Gasteiger partial charge in [0.15, 0.2) is 0 Å². The van der Waals surface area contributed by atoms with Crippen LogP contribution in [0.4, 0.5) is 0 Å². The minimum Gasteiger partial charge on any atom is -0.337 e. The highest BCUT2D eigenvalue weighted by Gasteiger charge is 2.43. The fourth-order valence-electron chi connectivity index (χ4n) is 4.87. The molecule has 2 fully saturated rings. The Labute approximate surface area is 172 Å². The van der Waals surface area contributed by atoms with Crippen molar-refractivity contribution >= 4 is 5.91 Å². The van der Waals surface area contributed by atoms with Crippen LogP contribution in [0.25, 0.3) is 0 Å². The number of carbonyl (C=O) groups is 1. The molecule has 3 heterocycles. The number of carbonyl (C=O) groups excluding carboxylic acids is 1. The average molecular weight is 395 g/mol. The van der Waals surface area contributed by atoms with Crippen molar-refractivity contribution < 1.29 is 4.79 Å². The van der Waals surface area contributed by atoms with E-state index in [4.69, 9.17) is 0 Å². The van der Waals surface area contributed by atoms with E-state index >= 15 is 0 Å². The van der Waals surface area contributed by atoms with Crippen molar-refractivity contribution in [3.05, 3.63) is 64.1 Å². The molecular weight excluding hydrogens is 364 g/mol. The lowest BCUT2D eigenvalue weighted by Gasteiger charge is -2.40. The lowest BCUT2D eigenvalue weighted by Crippen LogP contribution is -2.45. The van der Waals surface area contributed by atoms with E-state index in [0.29, 0.717) is 5.69 Å². The number of amides is 1. The van der Waals surface area contributed by atoms with E-state index in [0.717, 1.165) is 45.6 Å². The molecule has 6 nitrogen and oxygen atoms in total. The first kappa shape index (κ1) is 19.8. The van der Waals surface area contributed by atoms with Gasteiger partial charge in [0, 0.05) is 38.2 Å². The second kappa shape index (κ2) is 8.49. The fourth-order valence-corrected chi connectivity index (χ4v) is 4.87. The summed E-state index contributed by atoms with van der Waals surface area (Å²) in [7, 11) is 1.58. The average Bonchev–Trinajstić information content (AvgIpc) is 3.13. The molecule has 2 saturated heterocycles. The molecule has 0 N–H and O–H groups in total. The van der Waals surface area contributed by atoms with Crippen molar-refractivity contribution in [3.8, 4) is 0 Å². The predicted octanol–water partition coefficient (Wildman–Crippen LogP) is 2.34. The molecule has 0 radical (unpaired) electrons. The molecule has 0 aliphatic carbocycles. The monoisotopic (exact) mass is 394 g/mol. The molecular formula is C23H30N4O2. The van der Waals surface area contributed by atoms with E-state index in [-0.39, 0.29) is 16.9 Å². The lowest BCUT2D eigenvalue weighted by atomic mass is 9.79. The van der Waals surface area contributed by atoms with Gasteiger partial charge in [0.05, 0.1) is 0 Å². The Morgan fingerprint density at radius 2 is 1.90 bits per heavy atom. The van der Waals surface area contributed by atoms with Gasteiger partial charge in [-0.2, -0.15) is 5.10 Å². The quantitative estimate of drug-likeness (QED) is 0.781. The van der Waals surface area contributed by atoms with Gasteiger partial charge >= 0.3 is 0 Å². The zero-order valence-corrected chi connectivity index (χ0v) is 17.2. The number of aryl methyl sites for hydroxylation is 2. The summed E-state index contributed by atoms with van der Waals surface area (Å²) in [4.78, 5) is 28.9. The minimum atomic E-state index is -0.196. The second-order valence-corrected chi connectivity index (χ2v) is 8.63. The Morgan fingerprint density at radius 1 is 1.07 bits per heavy atom. The van der Waals surface area contributed by atoms with Gasteiger partial charge in [0.1, 0.15) is 5.69 Å². The summed E-state index contributed by atoms with van der Waals surface area (Å²) in [6, 6.07) is 13.6. The van der Waals surface area contributed by atoms with Crippen molar-refractivity contribution in [2.24, 2.45) is 12.5 Å². The highest BCUT2D eigenvalue weighted by molar-refractivity contribution is 5.92. The standard InChI is InChI=1S/C23H30N4O2/c1-25-21(28)11-10-20(24-25)22(29)27-16-13-23(18-27)12-6-15-26(17-23)14-5-9-19-7-3-2-4-8-19/h2-4,7-8,10-11H,5-6,9,12-18H2,1H3/t23-/m0/s1. The Morgan fingerprint density at radius 3 is 2.69 bits per heavy atom. The van der Waals surface area contributed by atoms with E-state index < -0.39 is 0 Å². The number of benzene rings is 1. The number of nitrogens with zero attached hydrogens (tertiary/aromatic N) is 4. The Bertz CT molecular complexity index is 911. The second-order valence-electron chi connectivity index (χ2n) is 8.63. The molecule has 2 aliphatic heterocycles. The topological polar surface area (TPSA) is 58.4 Å². The molecule has 1 aromatic heterocycles. The summed E-state index contributed by atoms with van der Waals surface area (Å²) >= 11 is 0. The van der Waals surface area contributed by atoms with Gasteiger partial charge in [-0.25, -0.2) is 4.68 Å². The zero-order chi connectivity index (χ0) is 20.3. The first-order chi connectivity index (χ1) is 14.0. The van der Waals surface area contributed by atoms with Gasteiger partial charge in [-0.1, -0.05) is 30.3 Å².